The summed E-state index contributed by atoms with van der Waals surface area (Å²) in [4.78, 5) is 16.7. The van der Waals surface area contributed by atoms with Crippen molar-refractivity contribution >= 4 is 66.0 Å². The van der Waals surface area contributed by atoms with Crippen LogP contribution in [0.3, 0.4) is 0 Å². The van der Waals surface area contributed by atoms with Crippen LogP contribution in [-0.4, -0.2) is 26.8 Å². The zero-order valence-corrected chi connectivity index (χ0v) is 19.4. The van der Waals surface area contributed by atoms with E-state index in [0.717, 1.165) is 25.8 Å². The van der Waals surface area contributed by atoms with Crippen molar-refractivity contribution in [3.05, 3.63) is 62.9 Å². The number of amides is 1. The summed E-state index contributed by atoms with van der Waals surface area (Å²) in [6.07, 6.45) is 0. The summed E-state index contributed by atoms with van der Waals surface area (Å²) in [6, 6.07) is 15.4. The van der Waals surface area contributed by atoms with E-state index < -0.39 is 0 Å². The molecule has 0 fully saturated rings. The van der Waals surface area contributed by atoms with Crippen LogP contribution in [0.2, 0.25) is 0 Å². The molecule has 0 atom stereocenters. The third-order valence-electron chi connectivity index (χ3n) is 3.70. The molecule has 0 bridgehead atoms. The fraction of sp³-hybridized carbons (Fsp3) is 0.0526. The van der Waals surface area contributed by atoms with E-state index in [9.17, 15) is 4.79 Å². The topological polar surface area (TPSA) is 80.9 Å². The van der Waals surface area contributed by atoms with Gasteiger partial charge >= 0.3 is 0 Å². The molecule has 0 aliphatic rings. The standard InChI is InChI=1S/C19H12Br2N4O2S2/c20-13-6-4-11(5-7-13)15-9-28-18(22-15)23-16(26)10-29-19-25-24-17(27-19)12-2-1-3-14(21)8-12/h1-9H,10H2,(H,22,23,26). The van der Waals surface area contributed by atoms with Crippen LogP contribution < -0.4 is 5.32 Å². The highest BCUT2D eigenvalue weighted by molar-refractivity contribution is 9.10. The van der Waals surface area contributed by atoms with Crippen molar-refractivity contribution in [2.24, 2.45) is 0 Å². The smallest absolute Gasteiger partial charge is 0.277 e. The maximum Gasteiger partial charge on any atom is 0.277 e. The van der Waals surface area contributed by atoms with Crippen LogP contribution >= 0.6 is 55.0 Å². The molecule has 0 unspecified atom stereocenters. The Kier molecular flexibility index (Phi) is 6.43. The molecule has 0 saturated carbocycles. The lowest BCUT2D eigenvalue weighted by Gasteiger charge is -2.00. The number of nitrogens with zero attached hydrogens (tertiary/aromatic N) is 3. The van der Waals surface area contributed by atoms with Gasteiger partial charge in [0.25, 0.3) is 5.22 Å². The summed E-state index contributed by atoms with van der Waals surface area (Å²) in [6.45, 7) is 0. The van der Waals surface area contributed by atoms with Gasteiger partial charge in [-0.25, -0.2) is 4.98 Å². The van der Waals surface area contributed by atoms with Crippen molar-refractivity contribution in [1.82, 2.24) is 15.2 Å². The Morgan fingerprint density at radius 1 is 1.07 bits per heavy atom. The minimum absolute atomic E-state index is 0.146. The van der Waals surface area contributed by atoms with Crippen molar-refractivity contribution in [1.29, 1.82) is 0 Å². The monoisotopic (exact) mass is 550 g/mol. The van der Waals surface area contributed by atoms with Gasteiger partial charge in [0, 0.05) is 25.5 Å². The Bertz CT molecular complexity index is 1150. The van der Waals surface area contributed by atoms with Crippen LogP contribution in [0.5, 0.6) is 0 Å². The number of carbonyl (C=O) groups is 1. The summed E-state index contributed by atoms with van der Waals surface area (Å²) in [5.74, 6) is 0.370. The first kappa shape index (κ1) is 20.3. The number of halogens is 2. The van der Waals surface area contributed by atoms with Crippen LogP contribution in [0, 0.1) is 0 Å². The van der Waals surface area contributed by atoms with Gasteiger partial charge < -0.3 is 9.73 Å². The predicted octanol–water partition coefficient (Wildman–Crippen LogP) is 6.12. The van der Waals surface area contributed by atoms with E-state index in [0.29, 0.717) is 16.2 Å². The van der Waals surface area contributed by atoms with E-state index in [4.69, 9.17) is 4.42 Å². The van der Waals surface area contributed by atoms with E-state index in [2.05, 4.69) is 52.4 Å². The molecule has 0 aliphatic carbocycles. The minimum Gasteiger partial charge on any atom is -0.411 e. The lowest BCUT2D eigenvalue weighted by Crippen LogP contribution is -2.13. The first-order chi connectivity index (χ1) is 14.1. The van der Waals surface area contributed by atoms with Gasteiger partial charge in [-0.15, -0.1) is 21.5 Å². The van der Waals surface area contributed by atoms with Crippen LogP contribution in [0.1, 0.15) is 0 Å². The molecule has 1 N–H and O–H groups in total. The van der Waals surface area contributed by atoms with Gasteiger partial charge in [0.2, 0.25) is 11.8 Å². The first-order valence-electron chi connectivity index (χ1n) is 8.30. The second kappa shape index (κ2) is 9.21. The highest BCUT2D eigenvalue weighted by Gasteiger charge is 2.13. The Labute approximate surface area is 191 Å². The minimum atomic E-state index is -0.186. The predicted molar refractivity (Wildman–Crippen MR) is 122 cm³/mol. The Balaban J connectivity index is 1.33. The number of thioether (sulfide) groups is 1. The van der Waals surface area contributed by atoms with Crippen molar-refractivity contribution in [2.75, 3.05) is 11.1 Å². The summed E-state index contributed by atoms with van der Waals surface area (Å²) in [5, 5.41) is 13.6. The number of nitrogens with one attached hydrogen (secondary N) is 1. The van der Waals surface area contributed by atoms with Crippen molar-refractivity contribution in [3.63, 3.8) is 0 Å². The fourth-order valence-corrected chi connectivity index (χ4v) is 4.34. The maximum atomic E-state index is 12.2. The molecule has 2 aromatic carbocycles. The van der Waals surface area contributed by atoms with Gasteiger partial charge in [0.05, 0.1) is 11.4 Å². The highest BCUT2D eigenvalue weighted by atomic mass is 79.9. The average Bonchev–Trinajstić information content (AvgIpc) is 3.37. The third kappa shape index (κ3) is 5.33. The molecule has 6 nitrogen and oxygen atoms in total. The molecule has 146 valence electrons. The molecule has 2 heterocycles. The zero-order valence-electron chi connectivity index (χ0n) is 14.6. The second-order valence-corrected chi connectivity index (χ2v) is 9.38. The number of hydrogen-bond donors (Lipinski definition) is 1. The molecule has 2 aromatic heterocycles. The summed E-state index contributed by atoms with van der Waals surface area (Å²) in [7, 11) is 0. The lowest BCUT2D eigenvalue weighted by molar-refractivity contribution is -0.113. The van der Waals surface area contributed by atoms with Gasteiger partial charge in [-0.2, -0.15) is 0 Å². The molecule has 4 rings (SSSR count). The summed E-state index contributed by atoms with van der Waals surface area (Å²) in [5.41, 5.74) is 2.62. The molecular weight excluding hydrogens is 540 g/mol. The molecule has 1 amide bonds. The quantitative estimate of drug-likeness (QED) is 0.291. The number of aromatic nitrogens is 3. The lowest BCUT2D eigenvalue weighted by atomic mass is 10.2. The Hall–Kier alpha value is -2.01. The maximum absolute atomic E-state index is 12.2. The van der Waals surface area contributed by atoms with E-state index in [1.54, 1.807) is 0 Å². The summed E-state index contributed by atoms with van der Waals surface area (Å²) < 4.78 is 7.55. The Morgan fingerprint density at radius 2 is 1.90 bits per heavy atom. The summed E-state index contributed by atoms with van der Waals surface area (Å²) >= 11 is 9.39. The molecule has 4 aromatic rings. The zero-order chi connectivity index (χ0) is 20.2. The van der Waals surface area contributed by atoms with E-state index in [1.165, 1.54) is 23.1 Å². The Morgan fingerprint density at radius 3 is 2.69 bits per heavy atom. The van der Waals surface area contributed by atoms with Gasteiger partial charge in [0.1, 0.15) is 0 Å². The number of benzene rings is 2. The van der Waals surface area contributed by atoms with E-state index >= 15 is 0 Å². The van der Waals surface area contributed by atoms with Gasteiger partial charge in [0.15, 0.2) is 5.13 Å². The SMILES string of the molecule is O=C(CSc1nnc(-c2cccc(Br)c2)o1)Nc1nc(-c2ccc(Br)cc2)cs1. The van der Waals surface area contributed by atoms with Crippen molar-refractivity contribution in [2.45, 2.75) is 5.22 Å². The fourth-order valence-electron chi connectivity index (χ4n) is 2.37. The second-order valence-electron chi connectivity index (χ2n) is 5.77. The molecular formula is C19H12Br2N4O2S2. The number of thiazole rings is 1. The van der Waals surface area contributed by atoms with Crippen LogP contribution in [-0.2, 0) is 4.79 Å². The molecule has 0 saturated heterocycles. The molecule has 29 heavy (non-hydrogen) atoms. The van der Waals surface area contributed by atoms with Gasteiger partial charge in [-0.1, -0.05) is 61.8 Å². The average molecular weight is 552 g/mol. The normalized spacial score (nSPS) is 10.8. The number of anilines is 1. The number of hydrogen-bond acceptors (Lipinski definition) is 7. The van der Waals surface area contributed by atoms with Crippen LogP contribution in [0.25, 0.3) is 22.7 Å². The molecule has 10 heteroatoms. The van der Waals surface area contributed by atoms with Crippen molar-refractivity contribution in [3.8, 4) is 22.7 Å². The number of rotatable bonds is 6. The largest absolute Gasteiger partial charge is 0.411 e. The molecule has 0 aliphatic heterocycles. The molecule has 0 radical (unpaired) electrons. The van der Waals surface area contributed by atoms with Crippen LogP contribution in [0.15, 0.2) is 72.5 Å². The van der Waals surface area contributed by atoms with E-state index in [-0.39, 0.29) is 11.7 Å². The highest BCUT2D eigenvalue weighted by Crippen LogP contribution is 2.27. The molecule has 0 spiro atoms. The van der Waals surface area contributed by atoms with Crippen LogP contribution in [0.4, 0.5) is 5.13 Å². The van der Waals surface area contributed by atoms with E-state index in [1.807, 2.05) is 53.9 Å². The van der Waals surface area contributed by atoms with Crippen molar-refractivity contribution < 1.29 is 9.21 Å². The first-order valence-corrected chi connectivity index (χ1v) is 11.8. The number of carbonyl (C=O) groups excluding carboxylic acids is 1. The third-order valence-corrected chi connectivity index (χ3v) is 6.29. The van der Waals surface area contributed by atoms with Gasteiger partial charge in [-0.05, 0) is 30.3 Å². The van der Waals surface area contributed by atoms with Gasteiger partial charge in [-0.3, -0.25) is 4.79 Å².